The molecule has 142 valence electrons. The second kappa shape index (κ2) is 7.06. The Morgan fingerprint density at radius 3 is 2.48 bits per heavy atom. The number of carbonyl (C=O) groups is 1. The summed E-state index contributed by atoms with van der Waals surface area (Å²) in [6.07, 6.45) is 0. The molecule has 0 atom stereocenters. The van der Waals surface area contributed by atoms with Crippen molar-refractivity contribution in [3.63, 3.8) is 0 Å². The Balaban J connectivity index is 2.09. The van der Waals surface area contributed by atoms with Gasteiger partial charge in [-0.2, -0.15) is 0 Å². The second-order valence-electron chi connectivity index (χ2n) is 8.12. The average molecular weight is 365 g/mol. The van der Waals surface area contributed by atoms with E-state index in [0.29, 0.717) is 0 Å². The van der Waals surface area contributed by atoms with Crippen molar-refractivity contribution in [2.45, 2.75) is 40.7 Å². The topological polar surface area (TPSA) is 53.9 Å². The summed E-state index contributed by atoms with van der Waals surface area (Å²) in [5.74, 6) is 2.23. The SMILES string of the molecule is CC(C)N(C)C1=Nc2ccccc2Oc2ccc(NC(=O)C(C)(C)C)cc21. The van der Waals surface area contributed by atoms with Gasteiger partial charge in [0.15, 0.2) is 5.75 Å². The number of fused-ring (bicyclic) bond motifs is 2. The third-order valence-electron chi connectivity index (χ3n) is 4.58. The van der Waals surface area contributed by atoms with Crippen LogP contribution >= 0.6 is 0 Å². The molecule has 2 aromatic carbocycles. The summed E-state index contributed by atoms with van der Waals surface area (Å²) in [5.41, 5.74) is 1.91. The van der Waals surface area contributed by atoms with E-state index in [1.807, 2.05) is 70.3 Å². The maximum absolute atomic E-state index is 12.4. The number of benzene rings is 2. The van der Waals surface area contributed by atoms with Crippen molar-refractivity contribution >= 4 is 23.1 Å². The molecular weight excluding hydrogens is 338 g/mol. The van der Waals surface area contributed by atoms with Gasteiger partial charge in [-0.05, 0) is 44.2 Å². The Labute approximate surface area is 161 Å². The highest BCUT2D eigenvalue weighted by atomic mass is 16.5. The number of amidine groups is 1. The number of nitrogens with one attached hydrogen (secondary N) is 1. The number of carbonyl (C=O) groups excluding carboxylic acids is 1. The highest BCUT2D eigenvalue weighted by Gasteiger charge is 2.25. The van der Waals surface area contributed by atoms with E-state index in [1.165, 1.54) is 0 Å². The summed E-state index contributed by atoms with van der Waals surface area (Å²) in [7, 11) is 2.02. The molecule has 0 bridgehead atoms. The van der Waals surface area contributed by atoms with E-state index in [9.17, 15) is 4.79 Å². The van der Waals surface area contributed by atoms with Crippen molar-refractivity contribution in [1.29, 1.82) is 0 Å². The van der Waals surface area contributed by atoms with Gasteiger partial charge in [0.1, 0.15) is 17.3 Å². The van der Waals surface area contributed by atoms with Crippen LogP contribution in [0, 0.1) is 5.41 Å². The lowest BCUT2D eigenvalue weighted by Gasteiger charge is -2.26. The van der Waals surface area contributed by atoms with E-state index < -0.39 is 5.41 Å². The van der Waals surface area contributed by atoms with Crippen LogP contribution < -0.4 is 10.1 Å². The lowest BCUT2D eigenvalue weighted by atomic mass is 9.95. The molecule has 1 aliphatic rings. The van der Waals surface area contributed by atoms with Crippen LogP contribution in [0.25, 0.3) is 0 Å². The quantitative estimate of drug-likeness (QED) is 0.796. The molecule has 0 saturated heterocycles. The smallest absolute Gasteiger partial charge is 0.229 e. The number of anilines is 1. The van der Waals surface area contributed by atoms with Gasteiger partial charge in [0.25, 0.3) is 0 Å². The first-order valence-electron chi connectivity index (χ1n) is 9.21. The number of hydrogen-bond donors (Lipinski definition) is 1. The zero-order valence-corrected chi connectivity index (χ0v) is 16.8. The highest BCUT2D eigenvalue weighted by Crippen LogP contribution is 2.39. The zero-order chi connectivity index (χ0) is 19.8. The fourth-order valence-corrected chi connectivity index (χ4v) is 2.63. The van der Waals surface area contributed by atoms with E-state index >= 15 is 0 Å². The van der Waals surface area contributed by atoms with Crippen molar-refractivity contribution in [1.82, 2.24) is 4.90 Å². The van der Waals surface area contributed by atoms with Crippen LogP contribution in [0.3, 0.4) is 0 Å². The van der Waals surface area contributed by atoms with Crippen LogP contribution in [0.4, 0.5) is 11.4 Å². The molecule has 5 heteroatoms. The van der Waals surface area contributed by atoms with E-state index in [1.54, 1.807) is 0 Å². The molecule has 1 aliphatic heterocycles. The molecule has 0 saturated carbocycles. The van der Waals surface area contributed by atoms with Gasteiger partial charge in [0.2, 0.25) is 5.91 Å². The summed E-state index contributed by atoms with van der Waals surface area (Å²) in [4.78, 5) is 19.4. The summed E-state index contributed by atoms with van der Waals surface area (Å²) >= 11 is 0. The molecule has 3 rings (SSSR count). The van der Waals surface area contributed by atoms with Gasteiger partial charge in [-0.3, -0.25) is 4.79 Å². The van der Waals surface area contributed by atoms with Crippen LogP contribution in [-0.4, -0.2) is 29.7 Å². The molecule has 0 fully saturated rings. The van der Waals surface area contributed by atoms with E-state index in [0.717, 1.165) is 34.3 Å². The first-order chi connectivity index (χ1) is 12.7. The Morgan fingerprint density at radius 2 is 1.81 bits per heavy atom. The Bertz CT molecular complexity index is 895. The predicted octanol–water partition coefficient (Wildman–Crippen LogP) is 5.20. The van der Waals surface area contributed by atoms with Gasteiger partial charge in [0.05, 0.1) is 5.56 Å². The lowest BCUT2D eigenvalue weighted by molar-refractivity contribution is -0.123. The van der Waals surface area contributed by atoms with Gasteiger partial charge in [-0.15, -0.1) is 0 Å². The monoisotopic (exact) mass is 365 g/mol. The summed E-state index contributed by atoms with van der Waals surface area (Å²) in [6, 6.07) is 13.7. The summed E-state index contributed by atoms with van der Waals surface area (Å²) in [5, 5.41) is 2.99. The van der Waals surface area contributed by atoms with Crippen LogP contribution in [0.2, 0.25) is 0 Å². The van der Waals surface area contributed by atoms with E-state index in [2.05, 4.69) is 24.1 Å². The summed E-state index contributed by atoms with van der Waals surface area (Å²) in [6.45, 7) is 9.91. The number of nitrogens with zero attached hydrogens (tertiary/aromatic N) is 2. The standard InChI is InChI=1S/C22H27N3O2/c1-14(2)25(6)20-16-13-15(23-21(26)22(3,4)5)11-12-18(16)27-19-10-8-7-9-17(19)24-20/h7-14H,1-6H3,(H,23,26). The molecule has 1 amide bonds. The fourth-order valence-electron chi connectivity index (χ4n) is 2.63. The summed E-state index contributed by atoms with van der Waals surface area (Å²) < 4.78 is 6.14. The third kappa shape index (κ3) is 3.97. The first kappa shape index (κ1) is 19.0. The zero-order valence-electron chi connectivity index (χ0n) is 16.8. The van der Waals surface area contributed by atoms with Crippen LogP contribution in [0.15, 0.2) is 47.5 Å². The van der Waals surface area contributed by atoms with Crippen LogP contribution in [0.1, 0.15) is 40.2 Å². The molecule has 0 unspecified atom stereocenters. The number of aliphatic imine (C=N–C) groups is 1. The number of amides is 1. The van der Waals surface area contributed by atoms with Crippen molar-refractivity contribution in [2.75, 3.05) is 12.4 Å². The fraction of sp³-hybridized carbons (Fsp3) is 0.364. The highest BCUT2D eigenvalue weighted by molar-refractivity contribution is 6.05. The van der Waals surface area contributed by atoms with Crippen LogP contribution in [-0.2, 0) is 4.79 Å². The minimum Gasteiger partial charge on any atom is -0.454 e. The molecule has 0 radical (unpaired) electrons. The van der Waals surface area contributed by atoms with Crippen molar-refractivity contribution < 1.29 is 9.53 Å². The number of para-hydroxylation sites is 2. The normalized spacial score (nSPS) is 13.1. The molecule has 1 N–H and O–H groups in total. The van der Waals surface area contributed by atoms with Gasteiger partial charge in [-0.1, -0.05) is 32.9 Å². The van der Waals surface area contributed by atoms with Crippen LogP contribution in [0.5, 0.6) is 11.5 Å². The minimum atomic E-state index is -0.467. The van der Waals surface area contributed by atoms with Crippen molar-refractivity contribution in [3.05, 3.63) is 48.0 Å². The van der Waals surface area contributed by atoms with E-state index in [4.69, 9.17) is 9.73 Å². The first-order valence-corrected chi connectivity index (χ1v) is 9.21. The Kier molecular flexibility index (Phi) is 4.96. The number of hydrogen-bond acceptors (Lipinski definition) is 4. The lowest BCUT2D eigenvalue weighted by Crippen LogP contribution is -2.34. The molecule has 2 aromatic rings. The average Bonchev–Trinajstić information content (AvgIpc) is 2.76. The Hall–Kier alpha value is -2.82. The third-order valence-corrected chi connectivity index (χ3v) is 4.58. The largest absolute Gasteiger partial charge is 0.454 e. The maximum Gasteiger partial charge on any atom is 0.229 e. The van der Waals surface area contributed by atoms with Gasteiger partial charge in [0, 0.05) is 24.2 Å². The van der Waals surface area contributed by atoms with Gasteiger partial charge in [-0.25, -0.2) is 4.99 Å². The molecule has 5 nitrogen and oxygen atoms in total. The van der Waals surface area contributed by atoms with Gasteiger partial charge < -0.3 is 15.0 Å². The minimum absolute atomic E-state index is 0.0315. The predicted molar refractivity (Wildman–Crippen MR) is 110 cm³/mol. The number of ether oxygens (including phenoxy) is 1. The molecular formula is C22H27N3O2. The number of rotatable bonds is 2. The van der Waals surface area contributed by atoms with Gasteiger partial charge >= 0.3 is 0 Å². The molecule has 0 aliphatic carbocycles. The molecule has 0 aromatic heterocycles. The molecule has 0 spiro atoms. The van der Waals surface area contributed by atoms with E-state index in [-0.39, 0.29) is 11.9 Å². The Morgan fingerprint density at radius 1 is 1.11 bits per heavy atom. The van der Waals surface area contributed by atoms with Crippen molar-refractivity contribution in [2.24, 2.45) is 10.4 Å². The maximum atomic E-state index is 12.4. The van der Waals surface area contributed by atoms with Crippen molar-refractivity contribution in [3.8, 4) is 11.5 Å². The molecule has 1 heterocycles. The second-order valence-corrected chi connectivity index (χ2v) is 8.12. The molecule has 27 heavy (non-hydrogen) atoms.